The van der Waals surface area contributed by atoms with E-state index in [4.69, 9.17) is 11.6 Å². The number of fused-ring (bicyclic) bond motifs is 2. The summed E-state index contributed by atoms with van der Waals surface area (Å²) >= 11 is 9.43. The highest BCUT2D eigenvalue weighted by atomic mass is 35.5. The van der Waals surface area contributed by atoms with E-state index in [0.717, 1.165) is 26.7 Å². The van der Waals surface area contributed by atoms with Gasteiger partial charge >= 0.3 is 0 Å². The van der Waals surface area contributed by atoms with Crippen LogP contribution in [0.2, 0.25) is 5.02 Å². The predicted molar refractivity (Wildman–Crippen MR) is 110 cm³/mol. The molecule has 1 N–H and O–H groups in total. The Labute approximate surface area is 154 Å². The van der Waals surface area contributed by atoms with Gasteiger partial charge < -0.3 is 5.32 Å². The van der Waals surface area contributed by atoms with Gasteiger partial charge in [-0.25, -0.2) is 0 Å². The second kappa shape index (κ2) is 6.45. The molecule has 4 rings (SSSR count). The first-order chi connectivity index (χ1) is 11.6. The Bertz CT molecular complexity index is 1060. The van der Waals surface area contributed by atoms with Crippen molar-refractivity contribution in [1.29, 1.82) is 0 Å². The Morgan fingerprint density at radius 1 is 1.08 bits per heavy atom. The SMILES string of the molecule is O=C(Nc1ccc2sccc2c1)C(P)c1csc2ccc(Cl)cc12. The van der Waals surface area contributed by atoms with Crippen molar-refractivity contribution in [2.75, 3.05) is 5.32 Å². The van der Waals surface area contributed by atoms with Gasteiger partial charge in [0.1, 0.15) is 0 Å². The number of nitrogens with one attached hydrogen (secondary N) is 1. The molecule has 0 aliphatic carbocycles. The summed E-state index contributed by atoms with van der Waals surface area (Å²) in [5.74, 6) is -0.0470. The number of carbonyl (C=O) groups excluding carboxylic acids is 1. The second-order valence-corrected chi connectivity index (χ2v) is 8.43. The van der Waals surface area contributed by atoms with Crippen molar-refractivity contribution in [1.82, 2.24) is 0 Å². The van der Waals surface area contributed by atoms with Crippen molar-refractivity contribution in [2.45, 2.75) is 5.66 Å². The molecule has 0 saturated carbocycles. The van der Waals surface area contributed by atoms with Crippen LogP contribution in [0.3, 0.4) is 0 Å². The minimum atomic E-state index is -0.324. The van der Waals surface area contributed by atoms with E-state index in [9.17, 15) is 4.79 Å². The first-order valence-electron chi connectivity index (χ1n) is 7.32. The van der Waals surface area contributed by atoms with Crippen LogP contribution in [0.4, 0.5) is 5.69 Å². The highest BCUT2D eigenvalue weighted by molar-refractivity contribution is 7.20. The first kappa shape index (κ1) is 16.0. The number of anilines is 1. The lowest BCUT2D eigenvalue weighted by Gasteiger charge is -2.12. The molecule has 120 valence electrons. The summed E-state index contributed by atoms with van der Waals surface area (Å²) in [6.45, 7) is 0. The third kappa shape index (κ3) is 2.96. The Kier molecular flexibility index (Phi) is 4.31. The predicted octanol–water partition coefficient (Wildman–Crippen LogP) is 6.32. The van der Waals surface area contributed by atoms with E-state index in [0.29, 0.717) is 5.02 Å². The molecule has 0 saturated heterocycles. The van der Waals surface area contributed by atoms with Crippen molar-refractivity contribution in [3.05, 3.63) is 63.8 Å². The molecule has 0 aliphatic rings. The van der Waals surface area contributed by atoms with Crippen LogP contribution < -0.4 is 5.32 Å². The Morgan fingerprint density at radius 2 is 1.92 bits per heavy atom. The highest BCUT2D eigenvalue weighted by Crippen LogP contribution is 2.37. The zero-order valence-corrected chi connectivity index (χ0v) is 16.0. The molecule has 4 aromatic rings. The van der Waals surface area contributed by atoms with Crippen molar-refractivity contribution in [2.24, 2.45) is 0 Å². The van der Waals surface area contributed by atoms with Crippen LogP contribution in [0, 0.1) is 0 Å². The quantitative estimate of drug-likeness (QED) is 0.408. The normalized spacial score (nSPS) is 12.6. The van der Waals surface area contributed by atoms with Gasteiger partial charge in [0, 0.05) is 20.1 Å². The number of amides is 1. The molecular formula is C18H13ClNOPS2. The monoisotopic (exact) mass is 389 g/mol. The Hall–Kier alpha value is -1.45. The molecule has 6 heteroatoms. The van der Waals surface area contributed by atoms with Crippen LogP contribution in [-0.4, -0.2) is 5.91 Å². The van der Waals surface area contributed by atoms with E-state index in [1.165, 1.54) is 4.70 Å². The van der Waals surface area contributed by atoms with Gasteiger partial charge in [0.25, 0.3) is 0 Å². The third-order valence-corrected chi connectivity index (χ3v) is 6.68. The maximum atomic E-state index is 12.7. The summed E-state index contributed by atoms with van der Waals surface area (Å²) in [6.07, 6.45) is 0. The fourth-order valence-electron chi connectivity index (χ4n) is 2.67. The van der Waals surface area contributed by atoms with Gasteiger partial charge in [-0.2, -0.15) is 0 Å². The fourth-order valence-corrected chi connectivity index (χ4v) is 5.09. The number of benzene rings is 2. The van der Waals surface area contributed by atoms with Gasteiger partial charge in [0.05, 0.1) is 5.66 Å². The minimum absolute atomic E-state index is 0.0470. The lowest BCUT2D eigenvalue weighted by atomic mass is 10.1. The number of carbonyl (C=O) groups is 1. The highest BCUT2D eigenvalue weighted by Gasteiger charge is 2.19. The Morgan fingerprint density at radius 3 is 2.79 bits per heavy atom. The molecule has 0 bridgehead atoms. The average Bonchev–Trinajstić information content (AvgIpc) is 3.19. The van der Waals surface area contributed by atoms with Crippen LogP contribution >= 0.6 is 43.5 Å². The first-order valence-corrected chi connectivity index (χ1v) is 10.1. The fraction of sp³-hybridized carbons (Fsp3) is 0.0556. The van der Waals surface area contributed by atoms with Crippen LogP contribution in [0.5, 0.6) is 0 Å². The van der Waals surface area contributed by atoms with E-state index in [-0.39, 0.29) is 11.6 Å². The second-order valence-electron chi connectivity index (χ2n) is 5.47. The number of rotatable bonds is 3. The van der Waals surface area contributed by atoms with Crippen molar-refractivity contribution in [3.8, 4) is 0 Å². The van der Waals surface area contributed by atoms with Gasteiger partial charge in [-0.3, -0.25) is 4.79 Å². The summed E-state index contributed by atoms with van der Waals surface area (Å²) < 4.78 is 2.35. The molecule has 0 radical (unpaired) electrons. The van der Waals surface area contributed by atoms with Crippen LogP contribution in [0.25, 0.3) is 20.2 Å². The van der Waals surface area contributed by atoms with Gasteiger partial charge in [-0.15, -0.1) is 31.9 Å². The van der Waals surface area contributed by atoms with E-state index < -0.39 is 0 Å². The standard InChI is InChI=1S/C18H13ClNOPS2/c19-11-1-3-16-13(8-11)14(9-24-16)17(22)18(21)20-12-2-4-15-10(7-12)5-6-23-15/h1-9,17H,22H2,(H,20,21). The number of thiophene rings is 2. The number of hydrogen-bond acceptors (Lipinski definition) is 3. The lowest BCUT2D eigenvalue weighted by molar-refractivity contribution is -0.115. The summed E-state index contributed by atoms with van der Waals surface area (Å²) in [5, 5.41) is 9.95. The van der Waals surface area contributed by atoms with Crippen molar-refractivity contribution in [3.63, 3.8) is 0 Å². The average molecular weight is 390 g/mol. The molecule has 2 nitrogen and oxygen atoms in total. The van der Waals surface area contributed by atoms with E-state index in [1.807, 2.05) is 41.8 Å². The summed E-state index contributed by atoms with van der Waals surface area (Å²) in [6, 6.07) is 13.8. The van der Waals surface area contributed by atoms with Gasteiger partial charge in [-0.05, 0) is 69.6 Å². The van der Waals surface area contributed by atoms with E-state index >= 15 is 0 Å². The van der Waals surface area contributed by atoms with Gasteiger partial charge in [0.15, 0.2) is 0 Å². The van der Waals surface area contributed by atoms with Crippen molar-refractivity contribution < 1.29 is 4.79 Å². The van der Waals surface area contributed by atoms with Crippen LogP contribution in [0.1, 0.15) is 11.2 Å². The van der Waals surface area contributed by atoms with E-state index in [1.54, 1.807) is 22.7 Å². The van der Waals surface area contributed by atoms with Crippen LogP contribution in [0.15, 0.2) is 53.2 Å². The molecule has 2 unspecified atom stereocenters. The molecular weight excluding hydrogens is 377 g/mol. The van der Waals surface area contributed by atoms with Crippen LogP contribution in [-0.2, 0) is 4.79 Å². The summed E-state index contributed by atoms with van der Waals surface area (Å²) in [5.41, 5.74) is 1.47. The zero-order chi connectivity index (χ0) is 16.7. The largest absolute Gasteiger partial charge is 0.325 e. The van der Waals surface area contributed by atoms with Gasteiger partial charge in [0.2, 0.25) is 5.91 Å². The van der Waals surface area contributed by atoms with Crippen molar-refractivity contribution >= 4 is 75.3 Å². The molecule has 2 atom stereocenters. The molecule has 1 amide bonds. The maximum absolute atomic E-state index is 12.7. The maximum Gasteiger partial charge on any atom is 0.235 e. The molecule has 2 heterocycles. The number of halogens is 1. The topological polar surface area (TPSA) is 29.1 Å². The molecule has 0 aliphatic heterocycles. The van der Waals surface area contributed by atoms with E-state index in [2.05, 4.69) is 26.0 Å². The summed E-state index contributed by atoms with van der Waals surface area (Å²) in [4.78, 5) is 12.7. The third-order valence-electron chi connectivity index (χ3n) is 3.90. The van der Waals surface area contributed by atoms with Gasteiger partial charge in [-0.1, -0.05) is 11.6 Å². The Balaban J connectivity index is 1.61. The molecule has 2 aromatic heterocycles. The summed E-state index contributed by atoms with van der Waals surface area (Å²) in [7, 11) is 2.64. The molecule has 2 aromatic carbocycles. The number of hydrogen-bond donors (Lipinski definition) is 1. The molecule has 24 heavy (non-hydrogen) atoms. The smallest absolute Gasteiger partial charge is 0.235 e. The molecule has 0 spiro atoms. The minimum Gasteiger partial charge on any atom is -0.325 e. The lowest BCUT2D eigenvalue weighted by Crippen LogP contribution is -2.16. The zero-order valence-electron chi connectivity index (χ0n) is 12.5. The molecule has 0 fully saturated rings.